The molecule has 1 aromatic heterocycles. The minimum Gasteiger partial charge on any atom is -0.463 e. The van der Waals surface area contributed by atoms with E-state index in [4.69, 9.17) is 9.15 Å². The van der Waals surface area contributed by atoms with Crippen molar-refractivity contribution in [3.63, 3.8) is 0 Å². The van der Waals surface area contributed by atoms with Gasteiger partial charge in [-0.15, -0.1) is 0 Å². The second-order valence-electron chi connectivity index (χ2n) is 11.8. The molecule has 1 N–H and O–H groups in total. The van der Waals surface area contributed by atoms with E-state index in [0.717, 1.165) is 6.26 Å². The van der Waals surface area contributed by atoms with Crippen molar-refractivity contribution >= 4 is 38.7 Å². The summed E-state index contributed by atoms with van der Waals surface area (Å²) in [6.07, 6.45) is 3.18. The molecule has 2 amide bonds. The number of hydrogen-bond acceptors (Lipinski definition) is 7. The zero-order valence-corrected chi connectivity index (χ0v) is 25.0. The van der Waals surface area contributed by atoms with Crippen molar-refractivity contribution < 1.29 is 27.2 Å². The van der Waals surface area contributed by atoms with Gasteiger partial charge in [-0.1, -0.05) is 24.0 Å². The minimum absolute atomic E-state index is 0.00352. The van der Waals surface area contributed by atoms with E-state index in [1.54, 1.807) is 52.3 Å². The Morgan fingerprint density at radius 1 is 1.12 bits per heavy atom. The standard InChI is InChI=1S/C31H33N3O7S/c1-30(2,3)34(29(37)40-4)31(14-15-31)28(36)33-17-21(18-33)7-6-20-8-13-24-26(16-20)41-19-25(27(24)35)22-9-11-23(12-10-22)32-42(5,38)39/h8-13,16,19,21,32H,14-15,17-18H2,1-5H3. The lowest BCUT2D eigenvalue weighted by molar-refractivity contribution is -0.145. The Morgan fingerprint density at radius 3 is 2.36 bits per heavy atom. The van der Waals surface area contributed by atoms with Gasteiger partial charge in [0.1, 0.15) is 17.4 Å². The van der Waals surface area contributed by atoms with Crippen molar-refractivity contribution in [2.75, 3.05) is 31.2 Å². The number of carbonyl (C=O) groups is 2. The highest BCUT2D eigenvalue weighted by molar-refractivity contribution is 7.92. The second-order valence-corrected chi connectivity index (χ2v) is 13.6. The average Bonchev–Trinajstić information content (AvgIpc) is 3.68. The minimum atomic E-state index is -3.40. The number of likely N-dealkylation sites (tertiary alicyclic amines) is 1. The van der Waals surface area contributed by atoms with Crippen LogP contribution < -0.4 is 10.2 Å². The number of carbonyl (C=O) groups excluding carboxylic acids is 2. The van der Waals surface area contributed by atoms with Gasteiger partial charge < -0.3 is 14.1 Å². The quantitative estimate of drug-likeness (QED) is 0.444. The summed E-state index contributed by atoms with van der Waals surface area (Å²) in [4.78, 5) is 42.4. The second kappa shape index (κ2) is 10.5. The van der Waals surface area contributed by atoms with Crippen LogP contribution in [0.1, 0.15) is 39.2 Å². The molecular weight excluding hydrogens is 558 g/mol. The number of ether oxygens (including phenoxy) is 1. The Bertz CT molecular complexity index is 1780. The molecule has 0 bridgehead atoms. The van der Waals surface area contributed by atoms with Crippen LogP contribution in [0.15, 0.2) is 57.9 Å². The maximum absolute atomic E-state index is 13.4. The van der Waals surface area contributed by atoms with E-state index in [9.17, 15) is 22.8 Å². The Balaban J connectivity index is 1.26. The molecule has 1 saturated carbocycles. The van der Waals surface area contributed by atoms with Crippen LogP contribution in [0.2, 0.25) is 0 Å². The SMILES string of the molecule is COC(=O)N(C(C)(C)C)C1(C(=O)N2CC(C#Cc3ccc4c(=O)c(-c5ccc(NS(C)(=O)=O)cc5)coc4c3)C2)CC1. The summed E-state index contributed by atoms with van der Waals surface area (Å²) < 4.78 is 36.0. The van der Waals surface area contributed by atoms with Gasteiger partial charge in [0, 0.05) is 29.9 Å². The van der Waals surface area contributed by atoms with Crippen LogP contribution >= 0.6 is 0 Å². The number of sulfonamides is 1. The molecule has 1 aliphatic heterocycles. The van der Waals surface area contributed by atoms with Crippen LogP contribution in [-0.4, -0.2) is 67.8 Å². The third kappa shape index (κ3) is 5.72. The molecular formula is C31H33N3O7S. The highest BCUT2D eigenvalue weighted by Gasteiger charge is 2.62. The predicted molar refractivity (Wildman–Crippen MR) is 159 cm³/mol. The van der Waals surface area contributed by atoms with Crippen LogP contribution in [0.4, 0.5) is 10.5 Å². The van der Waals surface area contributed by atoms with Crippen LogP contribution in [0.25, 0.3) is 22.1 Å². The summed E-state index contributed by atoms with van der Waals surface area (Å²) in [5.74, 6) is 6.26. The maximum atomic E-state index is 13.4. The summed E-state index contributed by atoms with van der Waals surface area (Å²) in [6.45, 7) is 6.65. The van der Waals surface area contributed by atoms with E-state index in [2.05, 4.69) is 16.6 Å². The van der Waals surface area contributed by atoms with E-state index in [1.807, 2.05) is 20.8 Å². The van der Waals surface area contributed by atoms with Gasteiger partial charge in [-0.05, 0) is 69.5 Å². The highest BCUT2D eigenvalue weighted by atomic mass is 32.2. The number of amides is 2. The molecule has 2 fully saturated rings. The first-order valence-corrected chi connectivity index (χ1v) is 15.4. The molecule has 1 saturated heterocycles. The first-order valence-electron chi connectivity index (χ1n) is 13.5. The number of nitrogens with zero attached hydrogens (tertiary/aromatic N) is 2. The van der Waals surface area contributed by atoms with E-state index in [1.165, 1.54) is 13.4 Å². The molecule has 3 aromatic rings. The van der Waals surface area contributed by atoms with Gasteiger partial charge in [0.25, 0.3) is 0 Å². The number of benzene rings is 2. The lowest BCUT2D eigenvalue weighted by Gasteiger charge is -2.45. The first kappa shape index (κ1) is 29.2. The number of nitrogens with one attached hydrogen (secondary N) is 1. The highest BCUT2D eigenvalue weighted by Crippen LogP contribution is 2.48. The third-order valence-electron chi connectivity index (χ3n) is 7.44. The van der Waals surface area contributed by atoms with Crippen molar-refractivity contribution in [1.29, 1.82) is 0 Å². The van der Waals surface area contributed by atoms with Gasteiger partial charge in [0.2, 0.25) is 15.9 Å². The zero-order chi connectivity index (χ0) is 30.4. The van der Waals surface area contributed by atoms with E-state index >= 15 is 0 Å². The first-order chi connectivity index (χ1) is 19.7. The van der Waals surface area contributed by atoms with Gasteiger partial charge in [-0.25, -0.2) is 13.2 Å². The molecule has 1 aliphatic carbocycles. The Labute approximate surface area is 244 Å². The molecule has 42 heavy (non-hydrogen) atoms. The lowest BCUT2D eigenvalue weighted by atomic mass is 9.96. The number of fused-ring (bicyclic) bond motifs is 1. The van der Waals surface area contributed by atoms with Crippen molar-refractivity contribution in [3.8, 4) is 23.0 Å². The normalized spacial score (nSPS) is 16.2. The van der Waals surface area contributed by atoms with Crippen molar-refractivity contribution in [2.24, 2.45) is 5.92 Å². The fourth-order valence-electron chi connectivity index (χ4n) is 5.39. The van der Waals surface area contributed by atoms with Crippen LogP contribution in [0.5, 0.6) is 0 Å². The molecule has 0 atom stereocenters. The van der Waals surface area contributed by atoms with Crippen LogP contribution in [0.3, 0.4) is 0 Å². The van der Waals surface area contributed by atoms with Gasteiger partial charge in [-0.2, -0.15) is 0 Å². The smallest absolute Gasteiger partial charge is 0.410 e. The summed E-state index contributed by atoms with van der Waals surface area (Å²) in [5, 5.41) is 0.403. The molecule has 0 spiro atoms. The summed E-state index contributed by atoms with van der Waals surface area (Å²) in [7, 11) is -2.07. The number of anilines is 1. The molecule has 5 rings (SSSR count). The molecule has 2 aliphatic rings. The van der Waals surface area contributed by atoms with Crippen molar-refractivity contribution in [3.05, 3.63) is 64.5 Å². The Hall–Kier alpha value is -4.30. The molecule has 0 unspecified atom stereocenters. The molecule has 11 heteroatoms. The van der Waals surface area contributed by atoms with Crippen LogP contribution in [-0.2, 0) is 19.6 Å². The zero-order valence-electron chi connectivity index (χ0n) is 24.2. The molecule has 10 nitrogen and oxygen atoms in total. The fourth-order valence-corrected chi connectivity index (χ4v) is 5.95. The summed E-state index contributed by atoms with van der Waals surface area (Å²) in [5.41, 5.74) is 0.816. The predicted octanol–water partition coefficient (Wildman–Crippen LogP) is 4.04. The largest absolute Gasteiger partial charge is 0.463 e. The van der Waals surface area contributed by atoms with Gasteiger partial charge >= 0.3 is 6.09 Å². The molecule has 2 heterocycles. The maximum Gasteiger partial charge on any atom is 0.410 e. The topological polar surface area (TPSA) is 126 Å². The average molecular weight is 592 g/mol. The van der Waals surface area contributed by atoms with Gasteiger partial charge in [0.05, 0.1) is 30.2 Å². The van der Waals surface area contributed by atoms with E-state index < -0.39 is 27.2 Å². The molecule has 2 aromatic carbocycles. The van der Waals surface area contributed by atoms with Crippen LogP contribution in [0, 0.1) is 17.8 Å². The fraction of sp³-hybridized carbons (Fsp3) is 0.387. The van der Waals surface area contributed by atoms with E-state index in [0.29, 0.717) is 59.3 Å². The monoisotopic (exact) mass is 591 g/mol. The summed E-state index contributed by atoms with van der Waals surface area (Å²) >= 11 is 0. The van der Waals surface area contributed by atoms with E-state index in [-0.39, 0.29) is 17.3 Å². The number of rotatable bonds is 5. The van der Waals surface area contributed by atoms with Crippen molar-refractivity contribution in [1.82, 2.24) is 9.80 Å². The molecule has 220 valence electrons. The Kier molecular flexibility index (Phi) is 7.31. The Morgan fingerprint density at radius 2 is 1.79 bits per heavy atom. The van der Waals surface area contributed by atoms with Gasteiger partial charge in [-0.3, -0.25) is 19.2 Å². The van der Waals surface area contributed by atoms with Gasteiger partial charge in [0.15, 0.2) is 5.43 Å². The number of hydrogen-bond donors (Lipinski definition) is 1. The number of methoxy groups -OCH3 is 1. The third-order valence-corrected chi connectivity index (χ3v) is 8.05. The summed E-state index contributed by atoms with van der Waals surface area (Å²) in [6, 6.07) is 11.6. The lowest BCUT2D eigenvalue weighted by Crippen LogP contribution is -2.63. The van der Waals surface area contributed by atoms with Crippen molar-refractivity contribution in [2.45, 2.75) is 44.7 Å². The molecule has 0 radical (unpaired) electrons.